The highest BCUT2D eigenvalue weighted by atomic mass is 19.1. The Morgan fingerprint density at radius 1 is 1.05 bits per heavy atom. The molecule has 0 spiro atoms. The van der Waals surface area contributed by atoms with Crippen molar-refractivity contribution >= 4 is 5.82 Å². The molecule has 106 valence electrons. The van der Waals surface area contributed by atoms with Crippen LogP contribution in [0.5, 0.6) is 0 Å². The van der Waals surface area contributed by atoms with Crippen LogP contribution in [0.15, 0.2) is 48.5 Å². The Hall–Kier alpha value is -2.62. The number of aryl methyl sites for hydroxylation is 2. The first-order valence-electron chi connectivity index (χ1n) is 6.74. The summed E-state index contributed by atoms with van der Waals surface area (Å²) in [7, 11) is 0. The van der Waals surface area contributed by atoms with E-state index in [4.69, 9.17) is 5.73 Å². The number of nitrogen functional groups attached to an aromatic ring is 1. The minimum Gasteiger partial charge on any atom is -0.384 e. The second-order valence-corrected chi connectivity index (χ2v) is 5.17. The summed E-state index contributed by atoms with van der Waals surface area (Å²) < 4.78 is 15.0. The summed E-state index contributed by atoms with van der Waals surface area (Å²) in [6.45, 7) is 4.04. The molecule has 21 heavy (non-hydrogen) atoms. The number of nitrogens with two attached hydrogens (primary N) is 1. The maximum atomic E-state index is 13.3. The molecule has 4 heteroatoms. The van der Waals surface area contributed by atoms with Gasteiger partial charge in [-0.25, -0.2) is 9.07 Å². The van der Waals surface area contributed by atoms with Crippen LogP contribution in [0.25, 0.3) is 16.9 Å². The van der Waals surface area contributed by atoms with E-state index >= 15 is 0 Å². The number of benzene rings is 2. The van der Waals surface area contributed by atoms with Crippen molar-refractivity contribution in [1.82, 2.24) is 9.78 Å². The van der Waals surface area contributed by atoms with Gasteiger partial charge in [-0.3, -0.25) is 0 Å². The van der Waals surface area contributed by atoms with Gasteiger partial charge in [-0.2, -0.15) is 5.10 Å². The highest BCUT2D eigenvalue weighted by molar-refractivity contribution is 5.64. The highest BCUT2D eigenvalue weighted by Gasteiger charge is 2.11. The fourth-order valence-corrected chi connectivity index (χ4v) is 2.32. The molecule has 2 aromatic carbocycles. The first kappa shape index (κ1) is 13.4. The highest BCUT2D eigenvalue weighted by Crippen LogP contribution is 2.25. The lowest BCUT2D eigenvalue weighted by Crippen LogP contribution is -2.04. The van der Waals surface area contributed by atoms with E-state index in [-0.39, 0.29) is 5.82 Å². The largest absolute Gasteiger partial charge is 0.384 e. The summed E-state index contributed by atoms with van der Waals surface area (Å²) >= 11 is 0. The molecule has 0 saturated carbocycles. The van der Waals surface area contributed by atoms with Gasteiger partial charge in [0.25, 0.3) is 0 Å². The average molecular weight is 281 g/mol. The minimum atomic E-state index is -0.285. The number of aromatic nitrogens is 2. The lowest BCUT2D eigenvalue weighted by atomic mass is 10.1. The van der Waals surface area contributed by atoms with Gasteiger partial charge in [0.15, 0.2) is 0 Å². The summed E-state index contributed by atoms with van der Waals surface area (Å²) in [5.41, 5.74) is 10.6. The quantitative estimate of drug-likeness (QED) is 0.774. The molecule has 3 nitrogen and oxygen atoms in total. The van der Waals surface area contributed by atoms with Crippen molar-refractivity contribution in [3.05, 3.63) is 65.5 Å². The lowest BCUT2D eigenvalue weighted by molar-refractivity contribution is 0.628. The third-order valence-electron chi connectivity index (χ3n) is 3.45. The predicted octanol–water partition coefficient (Wildman–Crippen LogP) is 3.88. The van der Waals surface area contributed by atoms with Crippen LogP contribution in [0.3, 0.4) is 0 Å². The van der Waals surface area contributed by atoms with Crippen LogP contribution in [0, 0.1) is 19.7 Å². The van der Waals surface area contributed by atoms with Crippen LogP contribution < -0.4 is 5.73 Å². The molecule has 0 aliphatic rings. The first-order valence-corrected chi connectivity index (χ1v) is 6.74. The standard InChI is InChI=1S/C17H16FN3/c1-11-6-7-12(2)16(8-11)21-17(19)10-15(20-21)13-4-3-5-14(18)9-13/h3-10H,19H2,1-2H3. The molecule has 0 bridgehead atoms. The van der Waals surface area contributed by atoms with Gasteiger partial charge < -0.3 is 5.73 Å². The number of anilines is 1. The van der Waals surface area contributed by atoms with Gasteiger partial charge in [-0.1, -0.05) is 24.3 Å². The van der Waals surface area contributed by atoms with E-state index in [1.54, 1.807) is 16.8 Å². The van der Waals surface area contributed by atoms with E-state index in [1.807, 2.05) is 38.1 Å². The van der Waals surface area contributed by atoms with Crippen molar-refractivity contribution in [1.29, 1.82) is 0 Å². The van der Waals surface area contributed by atoms with Crippen molar-refractivity contribution in [2.45, 2.75) is 13.8 Å². The Bertz CT molecular complexity index is 806. The third-order valence-corrected chi connectivity index (χ3v) is 3.45. The fraction of sp³-hybridized carbons (Fsp3) is 0.118. The van der Waals surface area contributed by atoms with E-state index in [9.17, 15) is 4.39 Å². The summed E-state index contributed by atoms with van der Waals surface area (Å²) in [5, 5.41) is 4.52. The minimum absolute atomic E-state index is 0.285. The first-order chi connectivity index (χ1) is 10.0. The molecular formula is C17H16FN3. The van der Waals surface area contributed by atoms with E-state index in [1.165, 1.54) is 12.1 Å². The second-order valence-electron chi connectivity index (χ2n) is 5.17. The predicted molar refractivity (Wildman–Crippen MR) is 82.8 cm³/mol. The maximum Gasteiger partial charge on any atom is 0.127 e. The van der Waals surface area contributed by atoms with Gasteiger partial charge in [0.1, 0.15) is 11.6 Å². The van der Waals surface area contributed by atoms with Gasteiger partial charge in [-0.05, 0) is 43.2 Å². The molecule has 1 aromatic heterocycles. The fourth-order valence-electron chi connectivity index (χ4n) is 2.32. The smallest absolute Gasteiger partial charge is 0.127 e. The number of hydrogen-bond donors (Lipinski definition) is 1. The molecule has 0 amide bonds. The Morgan fingerprint density at radius 2 is 1.86 bits per heavy atom. The average Bonchev–Trinajstić information content (AvgIpc) is 2.83. The van der Waals surface area contributed by atoms with Gasteiger partial charge in [-0.15, -0.1) is 0 Å². The molecule has 3 rings (SSSR count). The van der Waals surface area contributed by atoms with Crippen LogP contribution in [-0.4, -0.2) is 9.78 Å². The number of rotatable bonds is 2. The van der Waals surface area contributed by atoms with Gasteiger partial charge >= 0.3 is 0 Å². The van der Waals surface area contributed by atoms with Crippen LogP contribution in [0.1, 0.15) is 11.1 Å². The van der Waals surface area contributed by atoms with Crippen LogP contribution in [0.4, 0.5) is 10.2 Å². The van der Waals surface area contributed by atoms with Crippen molar-refractivity contribution in [2.24, 2.45) is 0 Å². The summed E-state index contributed by atoms with van der Waals surface area (Å²) in [6.07, 6.45) is 0. The number of nitrogens with zero attached hydrogens (tertiary/aromatic N) is 2. The Morgan fingerprint density at radius 3 is 2.62 bits per heavy atom. The normalized spacial score (nSPS) is 10.8. The summed E-state index contributed by atoms with van der Waals surface area (Å²) in [6, 6.07) is 14.2. The van der Waals surface area contributed by atoms with Crippen LogP contribution in [0.2, 0.25) is 0 Å². The topological polar surface area (TPSA) is 43.8 Å². The van der Waals surface area contributed by atoms with E-state index < -0.39 is 0 Å². The molecular weight excluding hydrogens is 265 g/mol. The third kappa shape index (κ3) is 2.52. The molecule has 0 atom stereocenters. The Balaban J connectivity index is 2.12. The Kier molecular flexibility index (Phi) is 3.22. The molecule has 3 aromatic rings. The monoisotopic (exact) mass is 281 g/mol. The summed E-state index contributed by atoms with van der Waals surface area (Å²) in [4.78, 5) is 0. The number of hydrogen-bond acceptors (Lipinski definition) is 2. The van der Waals surface area contributed by atoms with Crippen LogP contribution in [-0.2, 0) is 0 Å². The zero-order valence-electron chi connectivity index (χ0n) is 12.0. The molecule has 1 heterocycles. The van der Waals surface area contributed by atoms with Crippen molar-refractivity contribution in [2.75, 3.05) is 5.73 Å². The van der Waals surface area contributed by atoms with Gasteiger partial charge in [0.2, 0.25) is 0 Å². The van der Waals surface area contributed by atoms with Crippen LogP contribution >= 0.6 is 0 Å². The zero-order valence-corrected chi connectivity index (χ0v) is 12.0. The maximum absolute atomic E-state index is 13.3. The number of halogens is 1. The molecule has 0 unspecified atom stereocenters. The van der Waals surface area contributed by atoms with Crippen molar-refractivity contribution < 1.29 is 4.39 Å². The molecule has 2 N–H and O–H groups in total. The van der Waals surface area contributed by atoms with E-state index in [2.05, 4.69) is 5.10 Å². The van der Waals surface area contributed by atoms with Crippen molar-refractivity contribution in [3.8, 4) is 16.9 Å². The molecule has 0 fully saturated rings. The van der Waals surface area contributed by atoms with Crippen molar-refractivity contribution in [3.63, 3.8) is 0 Å². The van der Waals surface area contributed by atoms with E-state index in [0.29, 0.717) is 17.1 Å². The van der Waals surface area contributed by atoms with E-state index in [0.717, 1.165) is 16.8 Å². The summed E-state index contributed by atoms with van der Waals surface area (Å²) in [5.74, 6) is 0.246. The second kappa shape index (κ2) is 5.05. The Labute approximate surface area is 122 Å². The molecule has 0 aliphatic carbocycles. The zero-order chi connectivity index (χ0) is 15.0. The van der Waals surface area contributed by atoms with Gasteiger partial charge in [0, 0.05) is 11.6 Å². The molecule has 0 aliphatic heterocycles. The molecule has 0 radical (unpaired) electrons. The molecule has 0 saturated heterocycles. The SMILES string of the molecule is Cc1ccc(C)c(-n2nc(-c3cccc(F)c3)cc2N)c1. The lowest BCUT2D eigenvalue weighted by Gasteiger charge is -2.08. The van der Waals surface area contributed by atoms with Gasteiger partial charge in [0.05, 0.1) is 11.4 Å².